The molecule has 3 aliphatic rings. The summed E-state index contributed by atoms with van der Waals surface area (Å²) >= 11 is 0. The van der Waals surface area contributed by atoms with Crippen LogP contribution in [0, 0.1) is 0 Å². The number of carbonyl (C=O) groups excluding carboxylic acids is 2. The molecular weight excluding hydrogens is 354 g/mol. The van der Waals surface area contributed by atoms with Crippen LogP contribution in [0.5, 0.6) is 0 Å². The lowest BCUT2D eigenvalue weighted by Crippen LogP contribution is -2.39. The largest absolute Gasteiger partial charge is 0.373 e. The lowest BCUT2D eigenvalue weighted by molar-refractivity contribution is -0.129. The van der Waals surface area contributed by atoms with E-state index < -0.39 is 0 Å². The minimum absolute atomic E-state index is 0.000274. The van der Waals surface area contributed by atoms with Crippen LogP contribution in [0.1, 0.15) is 56.9 Å². The van der Waals surface area contributed by atoms with Crippen LogP contribution in [0.2, 0.25) is 0 Å². The second-order valence-corrected chi connectivity index (χ2v) is 8.52. The van der Waals surface area contributed by atoms with Gasteiger partial charge in [0.05, 0.1) is 24.7 Å². The molecule has 0 unspecified atom stereocenters. The van der Waals surface area contributed by atoms with Gasteiger partial charge in [-0.05, 0) is 49.8 Å². The van der Waals surface area contributed by atoms with E-state index in [1.165, 1.54) is 19.3 Å². The highest BCUT2D eigenvalue weighted by Gasteiger charge is 2.41. The SMILES string of the molecule is O=C(Nc1ccc(CC(=O)N2CCCC2)cc1)N[C@@H]1COC2(CCCCC2)C1. The number of amides is 3. The lowest BCUT2D eigenvalue weighted by atomic mass is 9.82. The molecule has 6 heteroatoms. The van der Waals surface area contributed by atoms with Crippen LogP contribution < -0.4 is 10.6 Å². The molecule has 1 atom stereocenters. The monoisotopic (exact) mass is 385 g/mol. The van der Waals surface area contributed by atoms with Gasteiger partial charge >= 0.3 is 6.03 Å². The molecule has 1 saturated carbocycles. The summed E-state index contributed by atoms with van der Waals surface area (Å²) in [6.07, 6.45) is 9.54. The number of rotatable bonds is 4. The Morgan fingerprint density at radius 2 is 1.75 bits per heavy atom. The third-order valence-electron chi connectivity index (χ3n) is 6.34. The van der Waals surface area contributed by atoms with Gasteiger partial charge in [-0.25, -0.2) is 4.79 Å². The van der Waals surface area contributed by atoms with Crippen molar-refractivity contribution in [3.05, 3.63) is 29.8 Å². The van der Waals surface area contributed by atoms with E-state index in [-0.39, 0.29) is 23.6 Å². The first-order chi connectivity index (χ1) is 13.6. The number of ether oxygens (including phenoxy) is 1. The van der Waals surface area contributed by atoms with Gasteiger partial charge in [0.1, 0.15) is 0 Å². The van der Waals surface area contributed by atoms with Gasteiger partial charge in [-0.2, -0.15) is 0 Å². The number of likely N-dealkylation sites (tertiary alicyclic amines) is 1. The molecule has 0 aromatic heterocycles. The number of nitrogens with one attached hydrogen (secondary N) is 2. The molecule has 1 aromatic carbocycles. The van der Waals surface area contributed by atoms with Crippen molar-refractivity contribution in [2.24, 2.45) is 0 Å². The van der Waals surface area contributed by atoms with Crippen LogP contribution in [0.4, 0.5) is 10.5 Å². The third-order valence-corrected chi connectivity index (χ3v) is 6.34. The van der Waals surface area contributed by atoms with Gasteiger partial charge in [-0.1, -0.05) is 31.4 Å². The summed E-state index contributed by atoms with van der Waals surface area (Å²) in [5.41, 5.74) is 1.71. The molecule has 2 aliphatic heterocycles. The Balaban J connectivity index is 1.24. The minimum Gasteiger partial charge on any atom is -0.373 e. The molecule has 1 aliphatic carbocycles. The van der Waals surface area contributed by atoms with E-state index >= 15 is 0 Å². The van der Waals surface area contributed by atoms with Gasteiger partial charge in [0.2, 0.25) is 5.91 Å². The van der Waals surface area contributed by atoms with E-state index in [4.69, 9.17) is 4.74 Å². The highest BCUT2D eigenvalue weighted by Crippen LogP contribution is 2.39. The summed E-state index contributed by atoms with van der Waals surface area (Å²) in [7, 11) is 0. The predicted octanol–water partition coefficient (Wildman–Crippen LogP) is 3.46. The fraction of sp³-hybridized carbons (Fsp3) is 0.636. The molecule has 0 bridgehead atoms. The molecule has 1 aromatic rings. The summed E-state index contributed by atoms with van der Waals surface area (Å²) in [4.78, 5) is 26.5. The van der Waals surface area contributed by atoms with Crippen molar-refractivity contribution in [3.8, 4) is 0 Å². The predicted molar refractivity (Wildman–Crippen MR) is 108 cm³/mol. The molecule has 3 fully saturated rings. The first-order valence-corrected chi connectivity index (χ1v) is 10.7. The molecule has 6 nitrogen and oxygen atoms in total. The average Bonchev–Trinajstić information content (AvgIpc) is 3.35. The molecule has 152 valence electrons. The number of carbonyl (C=O) groups is 2. The van der Waals surface area contributed by atoms with E-state index in [2.05, 4.69) is 10.6 Å². The molecule has 28 heavy (non-hydrogen) atoms. The van der Waals surface area contributed by atoms with Crippen LogP contribution in [0.3, 0.4) is 0 Å². The van der Waals surface area contributed by atoms with E-state index in [0.29, 0.717) is 13.0 Å². The Labute approximate surface area is 167 Å². The Morgan fingerprint density at radius 1 is 1.04 bits per heavy atom. The molecule has 0 radical (unpaired) electrons. The van der Waals surface area contributed by atoms with Gasteiger partial charge in [-0.15, -0.1) is 0 Å². The van der Waals surface area contributed by atoms with Crippen molar-refractivity contribution in [2.75, 3.05) is 25.0 Å². The topological polar surface area (TPSA) is 70.7 Å². The lowest BCUT2D eigenvalue weighted by Gasteiger charge is -2.32. The summed E-state index contributed by atoms with van der Waals surface area (Å²) in [6.45, 7) is 2.36. The van der Waals surface area contributed by atoms with Gasteiger partial charge in [0.15, 0.2) is 0 Å². The normalized spacial score (nSPS) is 23.7. The maximum Gasteiger partial charge on any atom is 0.319 e. The first-order valence-electron chi connectivity index (χ1n) is 10.7. The second-order valence-electron chi connectivity index (χ2n) is 8.52. The Morgan fingerprint density at radius 3 is 2.46 bits per heavy atom. The summed E-state index contributed by atoms with van der Waals surface area (Å²) in [5.74, 6) is 0.189. The summed E-state index contributed by atoms with van der Waals surface area (Å²) in [6, 6.07) is 7.44. The van der Waals surface area contributed by atoms with Crippen molar-refractivity contribution in [1.82, 2.24) is 10.2 Å². The Hall–Kier alpha value is -2.08. The van der Waals surface area contributed by atoms with Gasteiger partial charge in [0, 0.05) is 18.8 Å². The Kier molecular flexibility index (Phi) is 5.85. The third kappa shape index (κ3) is 4.66. The first kappa shape index (κ1) is 19.2. The van der Waals surface area contributed by atoms with Crippen molar-refractivity contribution < 1.29 is 14.3 Å². The van der Waals surface area contributed by atoms with Crippen LogP contribution in [0.15, 0.2) is 24.3 Å². The number of hydrogen-bond donors (Lipinski definition) is 2. The molecule has 1 spiro atoms. The van der Waals surface area contributed by atoms with E-state index in [9.17, 15) is 9.59 Å². The Bertz CT molecular complexity index is 691. The summed E-state index contributed by atoms with van der Waals surface area (Å²) in [5, 5.41) is 5.94. The van der Waals surface area contributed by atoms with Crippen LogP contribution in [0.25, 0.3) is 0 Å². The number of hydrogen-bond acceptors (Lipinski definition) is 3. The fourth-order valence-corrected chi connectivity index (χ4v) is 4.79. The van der Waals surface area contributed by atoms with Gasteiger partial charge in [0.25, 0.3) is 0 Å². The molecule has 2 N–H and O–H groups in total. The number of urea groups is 1. The molecule has 3 amide bonds. The van der Waals surface area contributed by atoms with Gasteiger partial charge < -0.3 is 20.3 Å². The maximum atomic E-state index is 12.3. The summed E-state index contributed by atoms with van der Waals surface area (Å²) < 4.78 is 6.06. The van der Waals surface area contributed by atoms with E-state index in [0.717, 1.165) is 56.4 Å². The van der Waals surface area contributed by atoms with Crippen molar-refractivity contribution >= 4 is 17.6 Å². The zero-order valence-electron chi connectivity index (χ0n) is 16.5. The molecule has 2 heterocycles. The standard InChI is InChI=1S/C22H31N3O3/c26-20(25-12-4-5-13-25)14-17-6-8-18(9-7-17)23-21(27)24-19-15-22(28-16-19)10-2-1-3-11-22/h6-9,19H,1-5,10-16H2,(H2,23,24,27)/t19-/m0/s1. The van der Waals surface area contributed by atoms with Crippen molar-refractivity contribution in [1.29, 1.82) is 0 Å². The number of benzene rings is 1. The van der Waals surface area contributed by atoms with Crippen LogP contribution >= 0.6 is 0 Å². The zero-order valence-corrected chi connectivity index (χ0v) is 16.5. The minimum atomic E-state index is -0.192. The fourth-order valence-electron chi connectivity index (χ4n) is 4.79. The van der Waals surface area contributed by atoms with Crippen LogP contribution in [-0.4, -0.2) is 48.2 Å². The van der Waals surface area contributed by atoms with Gasteiger partial charge in [-0.3, -0.25) is 4.79 Å². The number of nitrogens with zero attached hydrogens (tertiary/aromatic N) is 1. The van der Waals surface area contributed by atoms with E-state index in [1.54, 1.807) is 0 Å². The number of anilines is 1. The molecule has 2 saturated heterocycles. The van der Waals surface area contributed by atoms with Crippen LogP contribution in [-0.2, 0) is 16.0 Å². The average molecular weight is 386 g/mol. The molecule has 4 rings (SSSR count). The van der Waals surface area contributed by atoms with Crippen molar-refractivity contribution in [3.63, 3.8) is 0 Å². The van der Waals surface area contributed by atoms with E-state index in [1.807, 2.05) is 29.2 Å². The molecular formula is C22H31N3O3. The second kappa shape index (κ2) is 8.52. The highest BCUT2D eigenvalue weighted by atomic mass is 16.5. The smallest absolute Gasteiger partial charge is 0.319 e. The zero-order chi connectivity index (χ0) is 19.4. The van der Waals surface area contributed by atoms with Crippen molar-refractivity contribution in [2.45, 2.75) is 69.4 Å². The highest BCUT2D eigenvalue weighted by molar-refractivity contribution is 5.89. The quantitative estimate of drug-likeness (QED) is 0.834. The maximum absolute atomic E-state index is 12.3.